The van der Waals surface area contributed by atoms with Crippen LogP contribution in [0, 0.1) is 13.8 Å². The van der Waals surface area contributed by atoms with Gasteiger partial charge in [0, 0.05) is 56.8 Å². The molecule has 0 unspecified atom stereocenters. The third-order valence-electron chi connectivity index (χ3n) is 11.0. The number of hydrogen-bond donors (Lipinski definition) is 1. The van der Waals surface area contributed by atoms with Crippen LogP contribution >= 0.6 is 0 Å². The molecule has 56 heavy (non-hydrogen) atoms. The molecule has 0 fully saturated rings. The van der Waals surface area contributed by atoms with Crippen LogP contribution in [0.25, 0.3) is 88.9 Å². The SMILES string of the molecule is Cc1c(-c2ccccc2)c(-c2ccc3c(-c4ccccc4S(=O)(=O)O)c4ccc(-c5c(-c6ccccc6)c(C)c6ccccn56)cc4[o+]c3c2)n2ccccc12. The monoisotopic (exact) mass is 747 g/mol. The Bertz CT molecular complexity index is 3110. The average Bonchev–Trinajstić information content (AvgIpc) is 3.70. The molecule has 0 bridgehead atoms. The summed E-state index contributed by atoms with van der Waals surface area (Å²) in [6.07, 6.45) is 4.17. The van der Waals surface area contributed by atoms with Crippen molar-refractivity contribution in [2.45, 2.75) is 18.7 Å². The number of fused-ring (bicyclic) bond motifs is 4. The number of hydrogen-bond acceptors (Lipinski definition) is 2. The molecule has 0 saturated carbocycles. The van der Waals surface area contributed by atoms with Gasteiger partial charge in [0.25, 0.3) is 10.1 Å². The van der Waals surface area contributed by atoms with Gasteiger partial charge >= 0.3 is 11.2 Å². The number of benzene rings is 5. The average molecular weight is 748 g/mol. The van der Waals surface area contributed by atoms with Crippen molar-refractivity contribution in [2.75, 3.05) is 0 Å². The van der Waals surface area contributed by atoms with E-state index in [0.717, 1.165) is 66.6 Å². The molecule has 0 aliphatic heterocycles. The van der Waals surface area contributed by atoms with E-state index in [1.807, 2.05) is 48.5 Å². The Kier molecular flexibility index (Phi) is 7.78. The van der Waals surface area contributed by atoms with Crippen LogP contribution in [0.2, 0.25) is 0 Å². The van der Waals surface area contributed by atoms with Crippen LogP contribution < -0.4 is 0 Å². The first-order chi connectivity index (χ1) is 27.3. The van der Waals surface area contributed by atoms with Crippen LogP contribution in [0.15, 0.2) is 179 Å². The van der Waals surface area contributed by atoms with Gasteiger partial charge in [-0.2, -0.15) is 8.42 Å². The van der Waals surface area contributed by atoms with Gasteiger partial charge in [-0.05, 0) is 78.6 Å². The van der Waals surface area contributed by atoms with Gasteiger partial charge in [-0.25, -0.2) is 4.42 Å². The number of nitrogens with zero attached hydrogens (tertiary/aromatic N) is 2. The van der Waals surface area contributed by atoms with Gasteiger partial charge in [0.2, 0.25) is 0 Å². The molecule has 6 nitrogen and oxygen atoms in total. The van der Waals surface area contributed by atoms with E-state index in [-0.39, 0.29) is 4.90 Å². The largest absolute Gasteiger partial charge is 0.362 e. The zero-order chi connectivity index (χ0) is 38.1. The molecule has 0 spiro atoms. The van der Waals surface area contributed by atoms with Crippen LogP contribution in [0.5, 0.6) is 0 Å². The molecule has 0 saturated heterocycles. The Hall–Kier alpha value is -6.80. The van der Waals surface area contributed by atoms with E-state index in [1.54, 1.807) is 18.2 Å². The highest BCUT2D eigenvalue weighted by Gasteiger charge is 2.28. The second-order valence-electron chi connectivity index (χ2n) is 14.2. The lowest BCUT2D eigenvalue weighted by Crippen LogP contribution is -2.01. The van der Waals surface area contributed by atoms with E-state index in [4.69, 9.17) is 4.42 Å². The molecule has 10 rings (SSSR count). The zero-order valence-electron chi connectivity index (χ0n) is 30.6. The van der Waals surface area contributed by atoms with Crippen LogP contribution in [-0.2, 0) is 10.1 Å². The fraction of sp³-hybridized carbons (Fsp3) is 0.0408. The molecule has 5 aromatic carbocycles. The summed E-state index contributed by atoms with van der Waals surface area (Å²) in [5.41, 5.74) is 15.2. The van der Waals surface area contributed by atoms with Gasteiger partial charge in [0.15, 0.2) is 0 Å². The summed E-state index contributed by atoms with van der Waals surface area (Å²) in [6.45, 7) is 4.31. The number of aryl methyl sites for hydroxylation is 2. The van der Waals surface area contributed by atoms with Crippen molar-refractivity contribution >= 4 is 43.1 Å². The normalized spacial score (nSPS) is 12.0. The highest BCUT2D eigenvalue weighted by Crippen LogP contribution is 2.45. The summed E-state index contributed by atoms with van der Waals surface area (Å²) >= 11 is 0. The standard InChI is InChI=1S/C49H34N2O4S/c1-31-40-20-11-13-27-50(40)48(45(31)33-15-5-3-6-16-33)35-23-25-37-42(29-35)55-43-30-36(24-26-38(43)47(37)39-19-9-10-22-44(39)56(52,53)54)49-46(34-17-7-4-8-18-34)32(2)41-21-12-14-28-51(41)49/h3-30H,1-2H3/p+1. The van der Waals surface area contributed by atoms with E-state index in [9.17, 15) is 13.0 Å². The maximum atomic E-state index is 12.9. The van der Waals surface area contributed by atoms with E-state index in [2.05, 4.69) is 120 Å². The molecule has 7 heteroatoms. The minimum atomic E-state index is -4.57. The highest BCUT2D eigenvalue weighted by molar-refractivity contribution is 7.86. The first kappa shape index (κ1) is 33.7. The smallest absolute Gasteiger partial charge is 0.316 e. The quantitative estimate of drug-likeness (QED) is 0.104. The Morgan fingerprint density at radius 2 is 0.929 bits per heavy atom. The Labute approximate surface area is 323 Å². The molecule has 5 aromatic heterocycles. The molecule has 270 valence electrons. The molecule has 10 aromatic rings. The van der Waals surface area contributed by atoms with Gasteiger partial charge in [0.1, 0.15) is 4.90 Å². The first-order valence-corrected chi connectivity index (χ1v) is 19.9. The molecule has 0 radical (unpaired) electrons. The summed E-state index contributed by atoms with van der Waals surface area (Å²) < 4.78 is 47.7. The molecule has 5 heterocycles. The lowest BCUT2D eigenvalue weighted by atomic mass is 9.93. The Balaban J connectivity index is 1.29. The fourth-order valence-electron chi connectivity index (χ4n) is 8.60. The molecule has 0 atom stereocenters. The minimum absolute atomic E-state index is 0.166. The van der Waals surface area contributed by atoms with Crippen LogP contribution in [0.3, 0.4) is 0 Å². The minimum Gasteiger partial charge on any atom is -0.316 e. The van der Waals surface area contributed by atoms with Crippen molar-refractivity contribution in [3.63, 3.8) is 0 Å². The van der Waals surface area contributed by atoms with Gasteiger partial charge in [-0.15, -0.1) is 0 Å². The molecular formula is C49H35N2O4S+. The number of rotatable bonds is 6. The predicted octanol–water partition coefficient (Wildman–Crippen LogP) is 12.6. The van der Waals surface area contributed by atoms with Gasteiger partial charge < -0.3 is 8.80 Å². The molecule has 0 aliphatic rings. The summed E-state index contributed by atoms with van der Waals surface area (Å²) in [7, 11) is -4.57. The second-order valence-corrected chi connectivity index (χ2v) is 15.6. The molecule has 0 amide bonds. The van der Waals surface area contributed by atoms with Crippen LogP contribution in [0.4, 0.5) is 0 Å². The van der Waals surface area contributed by atoms with Crippen molar-refractivity contribution in [2.24, 2.45) is 0 Å². The van der Waals surface area contributed by atoms with E-state index in [0.29, 0.717) is 22.3 Å². The summed E-state index contributed by atoms with van der Waals surface area (Å²) in [4.78, 5) is -0.166. The molecule has 1 N–H and O–H groups in total. The van der Waals surface area contributed by atoms with Gasteiger partial charge in [-0.3, -0.25) is 4.55 Å². The molecule has 0 aliphatic carbocycles. The summed E-state index contributed by atoms with van der Waals surface area (Å²) in [6, 6.07) is 52.1. The fourth-order valence-corrected chi connectivity index (χ4v) is 9.29. The van der Waals surface area contributed by atoms with Crippen LogP contribution in [0.1, 0.15) is 11.1 Å². The summed E-state index contributed by atoms with van der Waals surface area (Å²) in [5.74, 6) is 0. The Morgan fingerprint density at radius 3 is 1.41 bits per heavy atom. The van der Waals surface area contributed by atoms with Crippen molar-refractivity contribution < 1.29 is 17.4 Å². The van der Waals surface area contributed by atoms with Crippen molar-refractivity contribution in [3.05, 3.63) is 181 Å². The first-order valence-electron chi connectivity index (χ1n) is 18.5. The summed E-state index contributed by atoms with van der Waals surface area (Å²) in [5, 5.41) is 1.44. The van der Waals surface area contributed by atoms with Crippen molar-refractivity contribution in [3.8, 4) is 55.9 Å². The van der Waals surface area contributed by atoms with E-state index < -0.39 is 10.1 Å². The Morgan fingerprint density at radius 1 is 0.482 bits per heavy atom. The van der Waals surface area contributed by atoms with Crippen molar-refractivity contribution in [1.29, 1.82) is 0 Å². The maximum absolute atomic E-state index is 12.9. The second kappa shape index (κ2) is 12.9. The zero-order valence-corrected chi connectivity index (χ0v) is 31.5. The number of aromatic nitrogens is 2. The van der Waals surface area contributed by atoms with Gasteiger partial charge in [-0.1, -0.05) is 103 Å². The lowest BCUT2D eigenvalue weighted by Gasteiger charge is -2.12. The van der Waals surface area contributed by atoms with Gasteiger partial charge in [0.05, 0.1) is 34.3 Å². The topological polar surface area (TPSA) is 74.5 Å². The van der Waals surface area contributed by atoms with Crippen LogP contribution in [-0.4, -0.2) is 21.8 Å². The number of pyridine rings is 2. The third kappa shape index (κ3) is 5.27. The maximum Gasteiger partial charge on any atom is 0.362 e. The van der Waals surface area contributed by atoms with Crippen molar-refractivity contribution in [1.82, 2.24) is 8.80 Å². The third-order valence-corrected chi connectivity index (χ3v) is 11.9. The molecular weight excluding hydrogens is 713 g/mol. The highest BCUT2D eigenvalue weighted by atomic mass is 32.2. The predicted molar refractivity (Wildman–Crippen MR) is 227 cm³/mol. The lowest BCUT2D eigenvalue weighted by molar-refractivity contribution is 0.483. The van der Waals surface area contributed by atoms with E-state index >= 15 is 0 Å². The van der Waals surface area contributed by atoms with E-state index in [1.165, 1.54) is 17.2 Å².